The Morgan fingerprint density at radius 2 is 1.27 bits per heavy atom. The van der Waals surface area contributed by atoms with E-state index < -0.39 is 26.9 Å². The maximum atomic E-state index is 13.4. The van der Waals surface area contributed by atoms with Crippen LogP contribution in [0.15, 0.2) is 80.7 Å². The van der Waals surface area contributed by atoms with Crippen molar-refractivity contribution in [1.82, 2.24) is 3.30 Å². The van der Waals surface area contributed by atoms with Gasteiger partial charge in [-0.1, -0.05) is 0 Å². The Bertz CT molecular complexity index is 987. The predicted molar refractivity (Wildman–Crippen MR) is 150 cm³/mol. The molecule has 6 heteroatoms. The normalized spacial score (nSPS) is 14.9. The molecule has 0 fully saturated rings. The summed E-state index contributed by atoms with van der Waals surface area (Å²) in [5.74, 6) is -0.808. The number of hydrogen-bond donors (Lipinski definition) is 1. The zero-order chi connectivity index (χ0) is 25.2. The topological polar surface area (TPSA) is 29.1 Å². The van der Waals surface area contributed by atoms with Crippen LogP contribution in [0.25, 0.3) is 0 Å². The largest absolute Gasteiger partial charge is 1.00 e. The average Bonchev–Trinajstić information content (AvgIpc) is 3.06. The number of rotatable bonds is 13. The van der Waals surface area contributed by atoms with Gasteiger partial charge in [0.25, 0.3) is 0 Å². The number of amides is 1. The van der Waals surface area contributed by atoms with Crippen LogP contribution in [0.4, 0.5) is 0 Å². The van der Waals surface area contributed by atoms with E-state index in [1.165, 1.54) is 65.6 Å². The van der Waals surface area contributed by atoms with Crippen LogP contribution in [0.5, 0.6) is 0 Å². The first-order valence-electron chi connectivity index (χ1n) is 13.6. The van der Waals surface area contributed by atoms with Crippen molar-refractivity contribution < 1.29 is 50.5 Å². The van der Waals surface area contributed by atoms with E-state index in [9.17, 15) is 4.79 Å². The van der Waals surface area contributed by atoms with Gasteiger partial charge in [0.2, 0.25) is 0 Å². The van der Waals surface area contributed by atoms with Crippen molar-refractivity contribution in [3.05, 3.63) is 80.7 Å². The molecule has 3 rings (SSSR count). The summed E-state index contributed by atoms with van der Waals surface area (Å²) in [4.78, 5) is 13.4. The smallest absolute Gasteiger partial charge is 1.00 e. The Morgan fingerprint density at radius 1 is 0.784 bits per heavy atom. The first kappa shape index (κ1) is 34.1. The Balaban J connectivity index is 0.00000342. The predicted octanol–water partition coefficient (Wildman–Crippen LogP) is 0.583. The van der Waals surface area contributed by atoms with Crippen molar-refractivity contribution >= 4 is 22.3 Å². The molecule has 1 atom stereocenters. The van der Waals surface area contributed by atoms with Gasteiger partial charge in [0.05, 0.1) is 0 Å². The second kappa shape index (κ2) is 17.6. The standard InChI is InChI=1S/C12H11Si.C10H21NO.C9H13.2ClH.Hf/c1-3-7-11(8-4-1)13-12-9-5-2-6-10-12;1-2-3-4-5-6-7-8-9-10(11)12;1-6-5-7(2)9(4)8(6)3;;;/h1-10,13H;2-9H2,1H3,(H2,11,12);6H,1-4H3;2*1H;/q;;;;;+3/p-3. The SMILES string of the molecule is CCCCCCCCCC(=O)[NH][Hf+2]([C]1=C(C)C(C)=C(C)C1C)[SiH](c1ccccc1)c1ccccc1.[Cl-].[Cl-]. The molecule has 2 nitrogen and oxygen atoms in total. The van der Waals surface area contributed by atoms with Gasteiger partial charge in [-0.15, -0.1) is 0 Å². The quantitative estimate of drug-likeness (QED) is 0.238. The van der Waals surface area contributed by atoms with Crippen LogP contribution in [0.1, 0.15) is 86.0 Å². The molecule has 201 valence electrons. The van der Waals surface area contributed by atoms with E-state index in [-0.39, 0.29) is 24.8 Å². The summed E-state index contributed by atoms with van der Waals surface area (Å²) in [6.45, 7) is 11.5. The minimum atomic E-state index is -2.80. The van der Waals surface area contributed by atoms with Crippen LogP contribution in [-0.2, 0) is 25.7 Å². The summed E-state index contributed by atoms with van der Waals surface area (Å²) < 4.78 is 5.46. The van der Waals surface area contributed by atoms with E-state index in [1.807, 2.05) is 0 Å². The summed E-state index contributed by atoms with van der Waals surface area (Å²) in [7, 11) is 0. The third-order valence-electron chi connectivity index (χ3n) is 7.77. The molecule has 1 aliphatic carbocycles. The van der Waals surface area contributed by atoms with Crippen LogP contribution in [0.2, 0.25) is 0 Å². The van der Waals surface area contributed by atoms with Crippen LogP contribution in [0.3, 0.4) is 0 Å². The van der Waals surface area contributed by atoms with Gasteiger partial charge in [0.1, 0.15) is 0 Å². The molecule has 1 N–H and O–H groups in total. The molecule has 1 aliphatic rings. The maximum absolute atomic E-state index is 13.4. The minimum absolute atomic E-state index is 0. The summed E-state index contributed by atoms with van der Waals surface area (Å²) >= 11 is -2.80. The van der Waals surface area contributed by atoms with E-state index in [1.54, 1.807) is 3.33 Å². The van der Waals surface area contributed by atoms with E-state index >= 15 is 0 Å². The van der Waals surface area contributed by atoms with Crippen LogP contribution >= 0.6 is 0 Å². The minimum Gasteiger partial charge on any atom is -1.00 e. The summed E-state index contributed by atoms with van der Waals surface area (Å²) in [5, 5.41) is 2.96. The molecule has 1 amide bonds. The fraction of sp³-hybridized carbons (Fsp3) is 0.452. The van der Waals surface area contributed by atoms with Crippen molar-refractivity contribution in [1.29, 1.82) is 0 Å². The van der Waals surface area contributed by atoms with Crippen molar-refractivity contribution in [3.63, 3.8) is 0 Å². The number of halogens is 2. The van der Waals surface area contributed by atoms with Crippen LogP contribution in [-0.4, -0.2) is 11.9 Å². The number of hydrogen-bond acceptors (Lipinski definition) is 1. The number of nitrogens with one attached hydrogen (secondary N) is 1. The fourth-order valence-corrected chi connectivity index (χ4v) is 36.1. The van der Waals surface area contributed by atoms with Crippen LogP contribution < -0.4 is 38.5 Å². The van der Waals surface area contributed by atoms with Crippen molar-refractivity contribution in [2.45, 2.75) is 86.0 Å². The zero-order valence-corrected chi connectivity index (χ0v) is 29.5. The zero-order valence-electron chi connectivity index (χ0n) is 23.2. The molecule has 0 radical (unpaired) electrons. The molecular weight excluding hydrogens is 680 g/mol. The van der Waals surface area contributed by atoms with Gasteiger partial charge in [-0.3, -0.25) is 0 Å². The molecule has 0 heterocycles. The molecule has 37 heavy (non-hydrogen) atoms. The first-order chi connectivity index (χ1) is 17.0. The maximum Gasteiger partial charge on any atom is -1.00 e. The first-order valence-corrected chi connectivity index (χ1v) is 25.2. The second-order valence-electron chi connectivity index (χ2n) is 10.2. The molecule has 1 unspecified atom stereocenters. The third kappa shape index (κ3) is 9.34. The van der Waals surface area contributed by atoms with E-state index in [0.717, 1.165) is 6.42 Å². The molecule has 0 bridgehead atoms. The summed E-state index contributed by atoms with van der Waals surface area (Å²) in [6.07, 6.45) is 9.39. The molecule has 2 aromatic rings. The number of carbonyl (C=O) groups excluding carboxylic acids is 1. The third-order valence-corrected chi connectivity index (χ3v) is 34.5. The van der Waals surface area contributed by atoms with Gasteiger partial charge in [-0.2, -0.15) is 0 Å². The molecule has 0 spiro atoms. The van der Waals surface area contributed by atoms with E-state index in [4.69, 9.17) is 0 Å². The fourth-order valence-electron chi connectivity index (χ4n) is 5.37. The van der Waals surface area contributed by atoms with Gasteiger partial charge in [0.15, 0.2) is 0 Å². The van der Waals surface area contributed by atoms with Gasteiger partial charge in [-0.05, 0) is 0 Å². The van der Waals surface area contributed by atoms with Gasteiger partial charge in [0, 0.05) is 0 Å². The van der Waals surface area contributed by atoms with Gasteiger partial charge < -0.3 is 24.8 Å². The van der Waals surface area contributed by atoms with Crippen molar-refractivity contribution in [3.8, 4) is 0 Å². The Morgan fingerprint density at radius 3 is 1.73 bits per heavy atom. The number of benzene rings is 2. The number of allylic oxidation sites excluding steroid dienone is 4. The monoisotopic (exact) mass is 724 g/mol. The Kier molecular flexibility index (Phi) is 16.2. The van der Waals surface area contributed by atoms with E-state index in [2.05, 4.69) is 98.6 Å². The molecule has 0 saturated heterocycles. The van der Waals surface area contributed by atoms with Gasteiger partial charge in [-0.25, -0.2) is 0 Å². The molecule has 0 aromatic heterocycles. The number of carbonyl (C=O) groups is 1. The Hall–Kier alpha value is -0.943. The van der Waals surface area contributed by atoms with Gasteiger partial charge >= 0.3 is 224 Å². The number of unbranched alkanes of at least 4 members (excludes halogenated alkanes) is 6. The van der Waals surface area contributed by atoms with Crippen molar-refractivity contribution in [2.24, 2.45) is 5.92 Å². The Labute approximate surface area is 247 Å². The molecule has 2 aromatic carbocycles. The summed E-state index contributed by atoms with van der Waals surface area (Å²) in [5.41, 5.74) is 4.42. The molecule has 0 saturated carbocycles. The average molecular weight is 724 g/mol. The molecule has 0 aliphatic heterocycles. The van der Waals surface area contributed by atoms with Crippen molar-refractivity contribution in [2.75, 3.05) is 0 Å². The summed E-state index contributed by atoms with van der Waals surface area (Å²) in [6, 6.07) is 22.2. The van der Waals surface area contributed by atoms with E-state index in [0.29, 0.717) is 18.2 Å². The second-order valence-corrected chi connectivity index (χ2v) is 29.1. The van der Waals surface area contributed by atoms with Crippen LogP contribution in [0, 0.1) is 5.92 Å². The molecular formula is C31H44Cl2HfNOSi.